The lowest BCUT2D eigenvalue weighted by atomic mass is 10.0. The van der Waals surface area contributed by atoms with Crippen LogP contribution in [-0.2, 0) is 6.54 Å². The van der Waals surface area contributed by atoms with Gasteiger partial charge in [0.05, 0.1) is 12.1 Å². The first-order valence-electron chi connectivity index (χ1n) is 12.6. The molecular formula is C27H30N6O3. The van der Waals surface area contributed by atoms with E-state index < -0.39 is 0 Å². The highest BCUT2D eigenvalue weighted by atomic mass is 16.7. The van der Waals surface area contributed by atoms with Gasteiger partial charge in [-0.1, -0.05) is 30.5 Å². The Kier molecular flexibility index (Phi) is 5.92. The van der Waals surface area contributed by atoms with Gasteiger partial charge in [0.25, 0.3) is 5.56 Å². The number of aromatic amines is 1. The summed E-state index contributed by atoms with van der Waals surface area (Å²) < 4.78 is 12.8. The molecule has 0 bridgehead atoms. The Labute approximate surface area is 209 Å². The van der Waals surface area contributed by atoms with Crippen LogP contribution in [-0.4, -0.2) is 50.0 Å². The number of nitrogens with zero attached hydrogens (tertiary/aromatic N) is 5. The Hall–Kier alpha value is -3.72. The fourth-order valence-corrected chi connectivity index (χ4v) is 5.49. The van der Waals surface area contributed by atoms with Gasteiger partial charge >= 0.3 is 0 Å². The van der Waals surface area contributed by atoms with E-state index in [-0.39, 0.29) is 18.4 Å². The molecule has 186 valence electrons. The van der Waals surface area contributed by atoms with E-state index in [1.807, 2.05) is 31.2 Å². The fourth-order valence-electron chi connectivity index (χ4n) is 5.49. The van der Waals surface area contributed by atoms with Crippen molar-refractivity contribution in [1.29, 1.82) is 0 Å². The summed E-state index contributed by atoms with van der Waals surface area (Å²) in [6.45, 7) is 6.60. The Balaban J connectivity index is 1.45. The molecule has 0 spiro atoms. The average molecular weight is 487 g/mol. The van der Waals surface area contributed by atoms with E-state index in [0.717, 1.165) is 65.0 Å². The summed E-state index contributed by atoms with van der Waals surface area (Å²) >= 11 is 0. The molecular weight excluding hydrogens is 456 g/mol. The first kappa shape index (κ1) is 22.7. The van der Waals surface area contributed by atoms with Gasteiger partial charge < -0.3 is 14.5 Å². The molecule has 36 heavy (non-hydrogen) atoms. The topological polar surface area (TPSA) is 98.2 Å². The van der Waals surface area contributed by atoms with Crippen LogP contribution in [0, 0.1) is 13.8 Å². The van der Waals surface area contributed by atoms with E-state index in [4.69, 9.17) is 9.47 Å². The van der Waals surface area contributed by atoms with Crippen molar-refractivity contribution in [3.8, 4) is 11.5 Å². The molecule has 2 aliphatic rings. The molecule has 2 aromatic heterocycles. The minimum Gasteiger partial charge on any atom is -0.454 e. The van der Waals surface area contributed by atoms with Crippen LogP contribution >= 0.6 is 0 Å². The number of benzene rings is 2. The molecule has 0 saturated carbocycles. The molecule has 9 nitrogen and oxygen atoms in total. The van der Waals surface area contributed by atoms with Crippen LogP contribution in [0.25, 0.3) is 10.9 Å². The number of pyridine rings is 1. The van der Waals surface area contributed by atoms with Crippen LogP contribution in [0.3, 0.4) is 0 Å². The van der Waals surface area contributed by atoms with Crippen LogP contribution in [0.5, 0.6) is 11.5 Å². The SMILES string of the molecule is Cc1cc(C)c2[nH]c(=O)c([C@@H](c3nnnn3Cc3ccc4c(c3)OCO4)N3CCCCCC3)cc2c1. The van der Waals surface area contributed by atoms with E-state index in [2.05, 4.69) is 44.5 Å². The van der Waals surface area contributed by atoms with Gasteiger partial charge in [0.1, 0.15) is 6.04 Å². The molecule has 1 saturated heterocycles. The van der Waals surface area contributed by atoms with Gasteiger partial charge in [-0.15, -0.1) is 5.10 Å². The van der Waals surface area contributed by atoms with Gasteiger partial charge in [-0.25, -0.2) is 4.68 Å². The van der Waals surface area contributed by atoms with Crippen molar-refractivity contribution < 1.29 is 9.47 Å². The van der Waals surface area contributed by atoms with Gasteiger partial charge in [-0.2, -0.15) is 0 Å². The predicted molar refractivity (Wildman–Crippen MR) is 135 cm³/mol. The summed E-state index contributed by atoms with van der Waals surface area (Å²) in [6.07, 6.45) is 4.56. The number of H-pyrrole nitrogens is 1. The Morgan fingerprint density at radius 2 is 1.81 bits per heavy atom. The Bertz CT molecular complexity index is 1470. The summed E-state index contributed by atoms with van der Waals surface area (Å²) in [6, 6.07) is 11.8. The number of aromatic nitrogens is 5. The Morgan fingerprint density at radius 3 is 2.64 bits per heavy atom. The molecule has 1 N–H and O–H groups in total. The highest BCUT2D eigenvalue weighted by Gasteiger charge is 2.31. The standard InChI is InChI=1S/C27H30N6O3/c1-17-11-18(2)24-20(12-17)14-21(27(34)28-24)25(32-9-5-3-4-6-10-32)26-29-30-31-33(26)15-19-7-8-22-23(13-19)36-16-35-22/h7-8,11-14,25H,3-6,9-10,15-16H2,1-2H3,(H,28,34)/t25-/m0/s1. The molecule has 0 radical (unpaired) electrons. The van der Waals surface area contributed by atoms with Crippen LogP contribution in [0.1, 0.15) is 59.8 Å². The number of rotatable bonds is 5. The van der Waals surface area contributed by atoms with E-state index >= 15 is 0 Å². The predicted octanol–water partition coefficient (Wildman–Crippen LogP) is 3.87. The smallest absolute Gasteiger partial charge is 0.253 e. The van der Waals surface area contributed by atoms with Crippen molar-refractivity contribution >= 4 is 10.9 Å². The molecule has 1 atom stereocenters. The van der Waals surface area contributed by atoms with Crippen LogP contribution < -0.4 is 15.0 Å². The second-order valence-corrected chi connectivity index (χ2v) is 9.83. The quantitative estimate of drug-likeness (QED) is 0.457. The third kappa shape index (κ3) is 4.24. The second kappa shape index (κ2) is 9.39. The molecule has 0 aliphatic carbocycles. The van der Waals surface area contributed by atoms with Crippen LogP contribution in [0.15, 0.2) is 41.2 Å². The van der Waals surface area contributed by atoms with Crippen LogP contribution in [0.4, 0.5) is 0 Å². The largest absolute Gasteiger partial charge is 0.454 e. The highest BCUT2D eigenvalue weighted by molar-refractivity contribution is 5.83. The number of hydrogen-bond donors (Lipinski definition) is 1. The van der Waals surface area contributed by atoms with E-state index in [1.165, 1.54) is 12.8 Å². The van der Waals surface area contributed by atoms with Crippen molar-refractivity contribution in [2.75, 3.05) is 19.9 Å². The monoisotopic (exact) mass is 486 g/mol. The van der Waals surface area contributed by atoms with Crippen molar-refractivity contribution in [2.24, 2.45) is 0 Å². The van der Waals surface area contributed by atoms with E-state index in [9.17, 15) is 4.79 Å². The van der Waals surface area contributed by atoms with Gasteiger partial charge in [-0.05, 0) is 91.0 Å². The van der Waals surface area contributed by atoms with E-state index in [1.54, 1.807) is 4.68 Å². The minimum atomic E-state index is -0.346. The zero-order chi connectivity index (χ0) is 24.6. The summed E-state index contributed by atoms with van der Waals surface area (Å²) in [5.74, 6) is 2.14. The number of likely N-dealkylation sites (tertiary alicyclic amines) is 1. The second-order valence-electron chi connectivity index (χ2n) is 9.83. The third-order valence-corrected chi connectivity index (χ3v) is 7.20. The Morgan fingerprint density at radius 1 is 1.00 bits per heavy atom. The van der Waals surface area contributed by atoms with Crippen molar-refractivity contribution in [3.63, 3.8) is 0 Å². The molecule has 2 aliphatic heterocycles. The average Bonchev–Trinajstić information content (AvgIpc) is 3.43. The fraction of sp³-hybridized carbons (Fsp3) is 0.407. The zero-order valence-electron chi connectivity index (χ0n) is 20.7. The highest BCUT2D eigenvalue weighted by Crippen LogP contribution is 2.34. The third-order valence-electron chi connectivity index (χ3n) is 7.20. The van der Waals surface area contributed by atoms with Crippen molar-refractivity contribution in [1.82, 2.24) is 30.1 Å². The summed E-state index contributed by atoms with van der Waals surface area (Å²) in [4.78, 5) is 19.1. The number of fused-ring (bicyclic) bond motifs is 2. The lowest BCUT2D eigenvalue weighted by Crippen LogP contribution is -2.36. The molecule has 4 aromatic rings. The van der Waals surface area contributed by atoms with Crippen molar-refractivity contribution in [2.45, 2.75) is 52.1 Å². The molecule has 0 amide bonds. The maximum absolute atomic E-state index is 13.5. The van der Waals surface area contributed by atoms with Crippen LogP contribution in [0.2, 0.25) is 0 Å². The summed E-state index contributed by atoms with van der Waals surface area (Å²) in [7, 11) is 0. The van der Waals surface area contributed by atoms with Gasteiger partial charge in [0.2, 0.25) is 6.79 Å². The molecule has 1 fully saturated rings. The number of aryl methyl sites for hydroxylation is 2. The normalized spacial score (nSPS) is 16.8. The van der Waals surface area contributed by atoms with Gasteiger partial charge in [0.15, 0.2) is 17.3 Å². The zero-order valence-corrected chi connectivity index (χ0v) is 20.7. The maximum atomic E-state index is 13.5. The van der Waals surface area contributed by atoms with Crippen molar-refractivity contribution in [3.05, 3.63) is 74.8 Å². The van der Waals surface area contributed by atoms with E-state index in [0.29, 0.717) is 17.9 Å². The lowest BCUT2D eigenvalue weighted by Gasteiger charge is -2.29. The number of nitrogens with one attached hydrogen (secondary N) is 1. The summed E-state index contributed by atoms with van der Waals surface area (Å²) in [5.41, 5.74) is 4.69. The number of ether oxygens (including phenoxy) is 2. The number of tetrazole rings is 1. The molecule has 0 unspecified atom stereocenters. The molecule has 4 heterocycles. The summed E-state index contributed by atoms with van der Waals surface area (Å²) in [5, 5.41) is 13.9. The lowest BCUT2D eigenvalue weighted by molar-refractivity contribution is 0.174. The number of hydrogen-bond acceptors (Lipinski definition) is 7. The maximum Gasteiger partial charge on any atom is 0.253 e. The van der Waals surface area contributed by atoms with Gasteiger partial charge in [0, 0.05) is 5.56 Å². The first-order chi connectivity index (χ1) is 17.6. The minimum absolute atomic E-state index is 0.0960. The molecule has 9 heteroatoms. The molecule has 2 aromatic carbocycles. The first-order valence-corrected chi connectivity index (χ1v) is 12.6. The van der Waals surface area contributed by atoms with Gasteiger partial charge in [-0.3, -0.25) is 9.69 Å². The molecule has 6 rings (SSSR count).